The van der Waals surface area contributed by atoms with Crippen LogP contribution in [0.25, 0.3) is 0 Å². The number of hydrogen-bond acceptors (Lipinski definition) is 3. The van der Waals surface area contributed by atoms with Crippen molar-refractivity contribution < 1.29 is 18.7 Å². The molecule has 1 heterocycles. The number of urea groups is 1. The first-order valence-electron chi connectivity index (χ1n) is 6.55. The SMILES string of the molecule is COc1ccc(F)cc1NC(=O)N1CCO[C@H](C)[C@H]1C. The molecular formula is C14H19FN2O3. The van der Waals surface area contributed by atoms with Crippen molar-refractivity contribution in [2.24, 2.45) is 0 Å². The molecule has 0 radical (unpaired) electrons. The maximum Gasteiger partial charge on any atom is 0.322 e. The highest BCUT2D eigenvalue weighted by molar-refractivity contribution is 5.91. The number of carbonyl (C=O) groups excluding carboxylic acids is 1. The van der Waals surface area contributed by atoms with Gasteiger partial charge in [-0.15, -0.1) is 0 Å². The van der Waals surface area contributed by atoms with Crippen LogP contribution in [0.5, 0.6) is 5.75 Å². The van der Waals surface area contributed by atoms with E-state index in [1.54, 1.807) is 4.90 Å². The van der Waals surface area contributed by atoms with E-state index in [1.165, 1.54) is 25.3 Å². The van der Waals surface area contributed by atoms with Crippen molar-refractivity contribution in [2.45, 2.75) is 26.0 Å². The number of methoxy groups -OCH3 is 1. The van der Waals surface area contributed by atoms with Crippen LogP contribution in [-0.2, 0) is 4.74 Å². The van der Waals surface area contributed by atoms with Crippen LogP contribution < -0.4 is 10.1 Å². The minimum absolute atomic E-state index is 0.0242. The number of nitrogens with one attached hydrogen (secondary N) is 1. The topological polar surface area (TPSA) is 50.8 Å². The number of morpholine rings is 1. The Hall–Kier alpha value is -1.82. The molecule has 1 fully saturated rings. The van der Waals surface area contributed by atoms with E-state index in [1.807, 2.05) is 13.8 Å². The molecule has 0 aliphatic carbocycles. The van der Waals surface area contributed by atoms with Crippen LogP contribution in [0.15, 0.2) is 18.2 Å². The second-order valence-electron chi connectivity index (χ2n) is 4.78. The van der Waals surface area contributed by atoms with Crippen LogP contribution in [0, 0.1) is 5.82 Å². The number of amides is 2. The Bertz CT molecular complexity index is 495. The third-order valence-electron chi connectivity index (χ3n) is 3.55. The molecule has 20 heavy (non-hydrogen) atoms. The fraction of sp³-hybridized carbons (Fsp3) is 0.500. The van der Waals surface area contributed by atoms with E-state index in [-0.39, 0.29) is 18.2 Å². The summed E-state index contributed by atoms with van der Waals surface area (Å²) in [5.41, 5.74) is 0.323. The average molecular weight is 282 g/mol. The molecule has 1 aliphatic rings. The predicted molar refractivity (Wildman–Crippen MR) is 73.6 cm³/mol. The molecule has 1 aromatic carbocycles. The monoisotopic (exact) mass is 282 g/mol. The lowest BCUT2D eigenvalue weighted by atomic mass is 10.1. The Morgan fingerprint density at radius 2 is 2.25 bits per heavy atom. The van der Waals surface area contributed by atoms with Crippen LogP contribution >= 0.6 is 0 Å². The van der Waals surface area contributed by atoms with Crippen molar-refractivity contribution in [3.05, 3.63) is 24.0 Å². The second-order valence-corrected chi connectivity index (χ2v) is 4.78. The molecular weight excluding hydrogens is 263 g/mol. The van der Waals surface area contributed by atoms with Crippen LogP contribution in [0.2, 0.25) is 0 Å². The largest absolute Gasteiger partial charge is 0.495 e. The first-order chi connectivity index (χ1) is 9.52. The molecule has 1 aromatic rings. The summed E-state index contributed by atoms with van der Waals surface area (Å²) in [5.74, 6) is -0.00166. The molecule has 1 saturated heterocycles. The van der Waals surface area contributed by atoms with E-state index in [2.05, 4.69) is 5.32 Å². The smallest absolute Gasteiger partial charge is 0.322 e. The van der Waals surface area contributed by atoms with E-state index in [0.717, 1.165) is 0 Å². The van der Waals surface area contributed by atoms with Crippen molar-refractivity contribution in [3.8, 4) is 5.75 Å². The number of ether oxygens (including phenoxy) is 2. The first-order valence-corrected chi connectivity index (χ1v) is 6.55. The third-order valence-corrected chi connectivity index (χ3v) is 3.55. The molecule has 0 aromatic heterocycles. The van der Waals surface area contributed by atoms with Crippen molar-refractivity contribution in [3.63, 3.8) is 0 Å². The standard InChI is InChI=1S/C14H19FN2O3/c1-9-10(2)20-7-6-17(9)14(18)16-12-8-11(15)4-5-13(12)19-3/h4-5,8-10H,6-7H2,1-3H3,(H,16,18)/t9-,10-/m1/s1. The Kier molecular flexibility index (Phi) is 4.44. The highest BCUT2D eigenvalue weighted by atomic mass is 19.1. The summed E-state index contributed by atoms with van der Waals surface area (Å²) in [7, 11) is 1.47. The van der Waals surface area contributed by atoms with E-state index in [9.17, 15) is 9.18 Å². The van der Waals surface area contributed by atoms with E-state index in [4.69, 9.17) is 9.47 Å². The molecule has 2 rings (SSSR count). The molecule has 2 atom stereocenters. The second kappa shape index (κ2) is 6.09. The Labute approximate surface area is 117 Å². The van der Waals surface area contributed by atoms with E-state index < -0.39 is 5.82 Å². The summed E-state index contributed by atoms with van der Waals surface area (Å²) < 4.78 is 23.9. The summed E-state index contributed by atoms with van der Waals surface area (Å²) in [6.07, 6.45) is -0.0242. The maximum atomic E-state index is 13.3. The lowest BCUT2D eigenvalue weighted by Crippen LogP contribution is -2.52. The van der Waals surface area contributed by atoms with Gasteiger partial charge in [-0.3, -0.25) is 0 Å². The number of anilines is 1. The molecule has 6 heteroatoms. The van der Waals surface area contributed by atoms with E-state index in [0.29, 0.717) is 24.6 Å². The summed E-state index contributed by atoms with van der Waals surface area (Å²) in [6, 6.07) is 3.69. The van der Waals surface area contributed by atoms with Crippen molar-refractivity contribution in [1.82, 2.24) is 4.90 Å². The highest BCUT2D eigenvalue weighted by Crippen LogP contribution is 2.26. The number of nitrogens with zero attached hydrogens (tertiary/aromatic N) is 1. The van der Waals surface area contributed by atoms with Gasteiger partial charge < -0.3 is 19.7 Å². The molecule has 0 unspecified atom stereocenters. The molecule has 2 amide bonds. The molecule has 1 aliphatic heterocycles. The van der Waals surface area contributed by atoms with Gasteiger partial charge >= 0.3 is 6.03 Å². The lowest BCUT2D eigenvalue weighted by molar-refractivity contribution is -0.0355. The molecule has 1 N–H and O–H groups in total. The molecule has 0 bridgehead atoms. The Morgan fingerprint density at radius 1 is 1.50 bits per heavy atom. The Morgan fingerprint density at radius 3 is 2.95 bits per heavy atom. The zero-order valence-corrected chi connectivity index (χ0v) is 11.9. The Balaban J connectivity index is 2.13. The zero-order valence-electron chi connectivity index (χ0n) is 11.9. The van der Waals surface area contributed by atoms with Crippen LogP contribution in [0.1, 0.15) is 13.8 Å². The fourth-order valence-electron chi connectivity index (χ4n) is 2.18. The van der Waals surface area contributed by atoms with Crippen molar-refractivity contribution in [2.75, 3.05) is 25.6 Å². The van der Waals surface area contributed by atoms with Crippen LogP contribution in [0.4, 0.5) is 14.9 Å². The maximum absolute atomic E-state index is 13.3. The lowest BCUT2D eigenvalue weighted by Gasteiger charge is -2.37. The van der Waals surface area contributed by atoms with Gasteiger partial charge in [0.1, 0.15) is 11.6 Å². The highest BCUT2D eigenvalue weighted by Gasteiger charge is 2.29. The number of carbonyl (C=O) groups is 1. The summed E-state index contributed by atoms with van der Waals surface area (Å²) in [4.78, 5) is 14.0. The van der Waals surface area contributed by atoms with Gasteiger partial charge in [-0.05, 0) is 26.0 Å². The first kappa shape index (κ1) is 14.6. The molecule has 5 nitrogen and oxygen atoms in total. The zero-order chi connectivity index (χ0) is 14.7. The number of hydrogen-bond donors (Lipinski definition) is 1. The normalized spacial score (nSPS) is 22.5. The predicted octanol–water partition coefficient (Wildman–Crippen LogP) is 2.48. The van der Waals surface area contributed by atoms with Gasteiger partial charge in [0.15, 0.2) is 0 Å². The van der Waals surface area contributed by atoms with Gasteiger partial charge in [-0.25, -0.2) is 9.18 Å². The molecule has 0 spiro atoms. The van der Waals surface area contributed by atoms with Crippen molar-refractivity contribution >= 4 is 11.7 Å². The summed E-state index contributed by atoms with van der Waals surface area (Å²) >= 11 is 0. The molecule has 110 valence electrons. The number of benzene rings is 1. The van der Waals surface area contributed by atoms with Gasteiger partial charge in [0.2, 0.25) is 0 Å². The van der Waals surface area contributed by atoms with Gasteiger partial charge in [0, 0.05) is 12.6 Å². The van der Waals surface area contributed by atoms with Gasteiger partial charge in [-0.1, -0.05) is 0 Å². The molecule has 0 saturated carbocycles. The van der Waals surface area contributed by atoms with Crippen molar-refractivity contribution in [1.29, 1.82) is 0 Å². The van der Waals surface area contributed by atoms with Crippen LogP contribution in [0.3, 0.4) is 0 Å². The summed E-state index contributed by atoms with van der Waals surface area (Å²) in [6.45, 7) is 4.85. The summed E-state index contributed by atoms with van der Waals surface area (Å²) in [5, 5.41) is 2.69. The third kappa shape index (κ3) is 3.01. The number of halogens is 1. The minimum atomic E-state index is -0.426. The number of rotatable bonds is 2. The fourth-order valence-corrected chi connectivity index (χ4v) is 2.18. The van der Waals surface area contributed by atoms with E-state index >= 15 is 0 Å². The quantitative estimate of drug-likeness (QED) is 0.906. The van der Waals surface area contributed by atoms with Gasteiger partial charge in [0.25, 0.3) is 0 Å². The van der Waals surface area contributed by atoms with Gasteiger partial charge in [0.05, 0.1) is 31.5 Å². The van der Waals surface area contributed by atoms with Gasteiger partial charge in [-0.2, -0.15) is 0 Å². The van der Waals surface area contributed by atoms with Crippen LogP contribution in [-0.4, -0.2) is 43.3 Å². The minimum Gasteiger partial charge on any atom is -0.495 e. The average Bonchev–Trinajstić information content (AvgIpc) is 2.42.